The molecule has 0 bridgehead atoms. The number of hydrogen-bond donors (Lipinski definition) is 0. The van der Waals surface area contributed by atoms with Crippen LogP contribution in [0.5, 0.6) is 0 Å². The lowest BCUT2D eigenvalue weighted by Crippen LogP contribution is -2.39. The van der Waals surface area contributed by atoms with E-state index < -0.39 is 0 Å². The molecule has 2 saturated heterocycles. The number of nitrogens with zero attached hydrogens (tertiary/aromatic N) is 4. The maximum absolute atomic E-state index is 12.9. The molecule has 0 aromatic carbocycles. The average Bonchev–Trinajstić information content (AvgIpc) is 3.03. The summed E-state index contributed by atoms with van der Waals surface area (Å²) in [5, 5.41) is 0. The van der Waals surface area contributed by atoms with Crippen LogP contribution in [0.1, 0.15) is 56.2 Å². The topological polar surface area (TPSA) is 49.3 Å². The number of hydrogen-bond acceptors (Lipinski definition) is 4. The highest BCUT2D eigenvalue weighted by atomic mass is 16.2. The predicted octanol–water partition coefficient (Wildman–Crippen LogP) is 2.58. The van der Waals surface area contributed by atoms with Gasteiger partial charge in [-0.1, -0.05) is 12.8 Å². The van der Waals surface area contributed by atoms with Crippen molar-refractivity contribution >= 4 is 11.9 Å². The SMILES string of the molecule is O=C([C@@H]1CCc2nc(N3CCCC3)ncc2C1)N1CCCCCC1. The number of aryl methyl sites for hydroxylation is 1. The van der Waals surface area contributed by atoms with Gasteiger partial charge in [0.2, 0.25) is 11.9 Å². The van der Waals surface area contributed by atoms with Crippen molar-refractivity contribution in [2.24, 2.45) is 5.92 Å². The Morgan fingerprint density at radius 3 is 2.46 bits per heavy atom. The van der Waals surface area contributed by atoms with Crippen molar-refractivity contribution in [3.05, 3.63) is 17.5 Å². The molecule has 1 aromatic heterocycles. The molecule has 1 aromatic rings. The molecular weight excluding hydrogens is 300 g/mol. The smallest absolute Gasteiger partial charge is 0.226 e. The summed E-state index contributed by atoms with van der Waals surface area (Å²) in [6.07, 6.45) is 12.0. The van der Waals surface area contributed by atoms with Gasteiger partial charge >= 0.3 is 0 Å². The van der Waals surface area contributed by atoms with E-state index in [0.29, 0.717) is 5.91 Å². The van der Waals surface area contributed by atoms with Crippen molar-refractivity contribution in [1.82, 2.24) is 14.9 Å². The molecule has 1 aliphatic carbocycles. The molecule has 0 saturated carbocycles. The van der Waals surface area contributed by atoms with E-state index in [-0.39, 0.29) is 5.92 Å². The van der Waals surface area contributed by atoms with E-state index in [4.69, 9.17) is 4.98 Å². The van der Waals surface area contributed by atoms with Gasteiger partial charge in [0.05, 0.1) is 0 Å². The summed E-state index contributed by atoms with van der Waals surface area (Å²) in [6, 6.07) is 0. The van der Waals surface area contributed by atoms with Crippen LogP contribution in [-0.2, 0) is 17.6 Å². The van der Waals surface area contributed by atoms with E-state index in [9.17, 15) is 4.79 Å². The second-order valence-electron chi connectivity index (χ2n) is 7.52. The Hall–Kier alpha value is -1.65. The minimum Gasteiger partial charge on any atom is -0.342 e. The molecule has 1 atom stereocenters. The van der Waals surface area contributed by atoms with Crippen LogP contribution in [-0.4, -0.2) is 47.0 Å². The third-order valence-electron chi connectivity index (χ3n) is 5.79. The summed E-state index contributed by atoms with van der Waals surface area (Å²) in [5.74, 6) is 1.39. The Bertz CT molecular complexity index is 589. The van der Waals surface area contributed by atoms with E-state index in [2.05, 4.69) is 14.8 Å². The monoisotopic (exact) mass is 328 g/mol. The van der Waals surface area contributed by atoms with Crippen molar-refractivity contribution in [2.75, 3.05) is 31.1 Å². The molecule has 0 N–H and O–H groups in total. The molecule has 0 radical (unpaired) electrons. The molecule has 5 nitrogen and oxygen atoms in total. The van der Waals surface area contributed by atoms with Crippen LogP contribution in [0.15, 0.2) is 6.20 Å². The molecular formula is C19H28N4O. The van der Waals surface area contributed by atoms with Gasteiger partial charge in [-0.2, -0.15) is 0 Å². The van der Waals surface area contributed by atoms with Gasteiger partial charge in [-0.05, 0) is 50.5 Å². The van der Waals surface area contributed by atoms with Crippen molar-refractivity contribution in [1.29, 1.82) is 0 Å². The second kappa shape index (κ2) is 7.08. The summed E-state index contributed by atoms with van der Waals surface area (Å²) < 4.78 is 0. The standard InChI is InChI=1S/C19H28N4O/c24-18(22-9-3-1-2-4-10-22)15-7-8-17-16(13-15)14-20-19(21-17)23-11-5-6-12-23/h14-15H,1-13H2/t15-/m1/s1. The number of aromatic nitrogens is 2. The number of rotatable bonds is 2. The summed E-state index contributed by atoms with van der Waals surface area (Å²) in [6.45, 7) is 4.06. The van der Waals surface area contributed by atoms with Crippen LogP contribution < -0.4 is 4.90 Å². The highest BCUT2D eigenvalue weighted by Crippen LogP contribution is 2.28. The third-order valence-corrected chi connectivity index (χ3v) is 5.79. The molecule has 2 aliphatic heterocycles. The van der Waals surface area contributed by atoms with Gasteiger partial charge in [-0.15, -0.1) is 0 Å². The Morgan fingerprint density at radius 1 is 1.00 bits per heavy atom. The van der Waals surface area contributed by atoms with Gasteiger partial charge in [0, 0.05) is 44.0 Å². The van der Waals surface area contributed by atoms with Crippen LogP contribution in [0.25, 0.3) is 0 Å². The first kappa shape index (κ1) is 15.9. The van der Waals surface area contributed by atoms with E-state index in [1.807, 2.05) is 6.20 Å². The van der Waals surface area contributed by atoms with Crippen LogP contribution in [0.3, 0.4) is 0 Å². The number of fused-ring (bicyclic) bond motifs is 1. The van der Waals surface area contributed by atoms with Gasteiger partial charge in [-0.3, -0.25) is 4.79 Å². The van der Waals surface area contributed by atoms with Crippen LogP contribution in [0, 0.1) is 5.92 Å². The Kier molecular flexibility index (Phi) is 4.67. The lowest BCUT2D eigenvalue weighted by atomic mass is 9.86. The number of carbonyl (C=O) groups excluding carboxylic acids is 1. The first-order valence-corrected chi connectivity index (χ1v) is 9.70. The molecule has 3 heterocycles. The molecule has 24 heavy (non-hydrogen) atoms. The Balaban J connectivity index is 1.44. The van der Waals surface area contributed by atoms with Crippen molar-refractivity contribution in [2.45, 2.75) is 57.8 Å². The van der Waals surface area contributed by atoms with Crippen molar-refractivity contribution in [3.8, 4) is 0 Å². The third kappa shape index (κ3) is 3.26. The summed E-state index contributed by atoms with van der Waals surface area (Å²) in [7, 11) is 0. The highest BCUT2D eigenvalue weighted by Gasteiger charge is 2.30. The lowest BCUT2D eigenvalue weighted by Gasteiger charge is -2.29. The zero-order valence-electron chi connectivity index (χ0n) is 14.5. The zero-order chi connectivity index (χ0) is 16.4. The Morgan fingerprint density at radius 2 is 1.71 bits per heavy atom. The number of likely N-dealkylation sites (tertiary alicyclic amines) is 1. The molecule has 0 unspecified atom stereocenters. The first-order valence-electron chi connectivity index (χ1n) is 9.70. The van der Waals surface area contributed by atoms with Gasteiger partial charge in [0.1, 0.15) is 0 Å². The number of amides is 1. The van der Waals surface area contributed by atoms with Gasteiger partial charge in [0.25, 0.3) is 0 Å². The summed E-state index contributed by atoms with van der Waals surface area (Å²) in [5.41, 5.74) is 2.36. The Labute approximate surface area is 144 Å². The quantitative estimate of drug-likeness (QED) is 0.837. The fourth-order valence-electron chi connectivity index (χ4n) is 4.33. The van der Waals surface area contributed by atoms with Crippen LogP contribution in [0.4, 0.5) is 5.95 Å². The minimum absolute atomic E-state index is 0.136. The largest absolute Gasteiger partial charge is 0.342 e. The van der Waals surface area contributed by atoms with Crippen molar-refractivity contribution < 1.29 is 4.79 Å². The minimum atomic E-state index is 0.136. The number of anilines is 1. The maximum Gasteiger partial charge on any atom is 0.226 e. The van der Waals surface area contributed by atoms with E-state index in [0.717, 1.165) is 64.2 Å². The molecule has 4 rings (SSSR count). The van der Waals surface area contributed by atoms with Crippen molar-refractivity contribution in [3.63, 3.8) is 0 Å². The molecule has 130 valence electrons. The van der Waals surface area contributed by atoms with E-state index >= 15 is 0 Å². The highest BCUT2D eigenvalue weighted by molar-refractivity contribution is 5.79. The van der Waals surface area contributed by atoms with E-state index in [1.165, 1.54) is 36.9 Å². The predicted molar refractivity (Wildman–Crippen MR) is 94.0 cm³/mol. The summed E-state index contributed by atoms with van der Waals surface area (Å²) in [4.78, 5) is 26.7. The van der Waals surface area contributed by atoms with Gasteiger partial charge in [-0.25, -0.2) is 9.97 Å². The summed E-state index contributed by atoms with van der Waals surface area (Å²) >= 11 is 0. The first-order chi connectivity index (χ1) is 11.8. The van der Waals surface area contributed by atoms with E-state index in [1.54, 1.807) is 0 Å². The molecule has 3 aliphatic rings. The molecule has 2 fully saturated rings. The van der Waals surface area contributed by atoms with Gasteiger partial charge in [0.15, 0.2) is 0 Å². The lowest BCUT2D eigenvalue weighted by molar-refractivity contribution is -0.135. The zero-order valence-corrected chi connectivity index (χ0v) is 14.5. The molecule has 1 amide bonds. The average molecular weight is 328 g/mol. The second-order valence-corrected chi connectivity index (χ2v) is 7.52. The van der Waals surface area contributed by atoms with Crippen LogP contribution in [0.2, 0.25) is 0 Å². The fourth-order valence-corrected chi connectivity index (χ4v) is 4.33. The molecule has 0 spiro atoms. The fraction of sp³-hybridized carbons (Fsp3) is 0.737. The maximum atomic E-state index is 12.9. The molecule has 5 heteroatoms. The van der Waals surface area contributed by atoms with Gasteiger partial charge < -0.3 is 9.80 Å². The number of carbonyl (C=O) groups is 1. The van der Waals surface area contributed by atoms with Crippen LogP contribution >= 0.6 is 0 Å². The normalized spacial score (nSPS) is 24.6.